The highest BCUT2D eigenvalue weighted by molar-refractivity contribution is 5.77. The van der Waals surface area contributed by atoms with Crippen LogP contribution >= 0.6 is 0 Å². The maximum Gasteiger partial charge on any atom is 0.257 e. The first-order valence-electron chi connectivity index (χ1n) is 6.86. The van der Waals surface area contributed by atoms with E-state index in [1.54, 1.807) is 12.1 Å². The fourth-order valence-corrected chi connectivity index (χ4v) is 1.70. The number of benzene rings is 1. The summed E-state index contributed by atoms with van der Waals surface area (Å²) in [6.07, 6.45) is 0. The Hall–Kier alpha value is -1.95. The van der Waals surface area contributed by atoms with Crippen LogP contribution in [0.15, 0.2) is 12.1 Å². The number of amides is 1. The second-order valence-corrected chi connectivity index (χ2v) is 5.02. The molecule has 0 aliphatic heterocycles. The van der Waals surface area contributed by atoms with Gasteiger partial charge < -0.3 is 25.3 Å². The summed E-state index contributed by atoms with van der Waals surface area (Å²) in [5.41, 5.74) is 6.48. The predicted molar refractivity (Wildman–Crippen MR) is 80.8 cm³/mol. The third-order valence-corrected chi connectivity index (χ3v) is 2.81. The third kappa shape index (κ3) is 5.15. The highest BCUT2D eigenvalue weighted by Crippen LogP contribution is 2.38. The molecule has 0 saturated heterocycles. The summed E-state index contributed by atoms with van der Waals surface area (Å²) in [5, 5.41) is 2.78. The van der Waals surface area contributed by atoms with Crippen LogP contribution in [0.3, 0.4) is 0 Å². The van der Waals surface area contributed by atoms with Gasteiger partial charge in [-0.15, -0.1) is 0 Å². The molecule has 1 rings (SSSR count). The van der Waals surface area contributed by atoms with Gasteiger partial charge in [-0.3, -0.25) is 4.79 Å². The maximum atomic E-state index is 11.7. The van der Waals surface area contributed by atoms with Crippen LogP contribution in [0.2, 0.25) is 0 Å². The Morgan fingerprint density at radius 1 is 1.24 bits per heavy atom. The number of carbonyl (C=O) groups excluding carboxylic acids is 1. The monoisotopic (exact) mass is 296 g/mol. The third-order valence-electron chi connectivity index (χ3n) is 2.81. The Balaban J connectivity index is 2.79. The summed E-state index contributed by atoms with van der Waals surface area (Å²) in [6.45, 7) is 4.93. The molecule has 0 radical (unpaired) electrons. The van der Waals surface area contributed by atoms with Crippen molar-refractivity contribution in [1.82, 2.24) is 5.32 Å². The van der Waals surface area contributed by atoms with Crippen molar-refractivity contribution in [3.05, 3.63) is 17.7 Å². The predicted octanol–water partition coefficient (Wildman–Crippen LogP) is 1.31. The maximum absolute atomic E-state index is 11.7. The van der Waals surface area contributed by atoms with Crippen molar-refractivity contribution in [1.29, 1.82) is 0 Å². The van der Waals surface area contributed by atoms with Crippen molar-refractivity contribution >= 4 is 5.91 Å². The minimum atomic E-state index is -0.185. The van der Waals surface area contributed by atoms with Crippen LogP contribution < -0.4 is 25.3 Å². The molecule has 3 N–H and O–H groups in total. The number of hydrogen-bond acceptors (Lipinski definition) is 5. The summed E-state index contributed by atoms with van der Waals surface area (Å²) < 4.78 is 16.1. The first kappa shape index (κ1) is 17.1. The topological polar surface area (TPSA) is 82.8 Å². The molecule has 0 aliphatic carbocycles. The molecule has 6 heteroatoms. The van der Waals surface area contributed by atoms with Crippen molar-refractivity contribution in [2.45, 2.75) is 20.4 Å². The first-order chi connectivity index (χ1) is 10.0. The van der Waals surface area contributed by atoms with Crippen molar-refractivity contribution in [3.8, 4) is 17.2 Å². The summed E-state index contributed by atoms with van der Waals surface area (Å²) in [6, 6.07) is 3.54. The molecule has 0 unspecified atom stereocenters. The molecule has 0 saturated carbocycles. The Bertz CT molecular complexity index is 450. The lowest BCUT2D eigenvalue weighted by Gasteiger charge is -2.16. The minimum Gasteiger partial charge on any atom is -0.493 e. The summed E-state index contributed by atoms with van der Waals surface area (Å²) in [4.78, 5) is 11.7. The highest BCUT2D eigenvalue weighted by Gasteiger charge is 2.15. The highest BCUT2D eigenvalue weighted by atomic mass is 16.5. The molecule has 0 heterocycles. The quantitative estimate of drug-likeness (QED) is 0.756. The van der Waals surface area contributed by atoms with E-state index < -0.39 is 0 Å². The average Bonchev–Trinajstić information content (AvgIpc) is 2.49. The lowest BCUT2D eigenvalue weighted by molar-refractivity contribution is -0.123. The van der Waals surface area contributed by atoms with Gasteiger partial charge in [0.25, 0.3) is 5.91 Å². The van der Waals surface area contributed by atoms with Gasteiger partial charge in [0.05, 0.1) is 14.2 Å². The molecule has 0 aromatic heterocycles. The molecule has 1 aromatic carbocycles. The number of hydrogen-bond donors (Lipinski definition) is 2. The van der Waals surface area contributed by atoms with Crippen molar-refractivity contribution in [3.63, 3.8) is 0 Å². The van der Waals surface area contributed by atoms with E-state index in [2.05, 4.69) is 5.32 Å². The van der Waals surface area contributed by atoms with Crippen LogP contribution in [0.5, 0.6) is 17.2 Å². The zero-order chi connectivity index (χ0) is 15.8. The van der Waals surface area contributed by atoms with Gasteiger partial charge in [0.2, 0.25) is 5.75 Å². The largest absolute Gasteiger partial charge is 0.493 e. The van der Waals surface area contributed by atoms with Crippen LogP contribution in [0, 0.1) is 5.92 Å². The summed E-state index contributed by atoms with van der Waals surface area (Å²) >= 11 is 0. The molecular formula is C15H24N2O4. The average molecular weight is 296 g/mol. The number of rotatable bonds is 8. The van der Waals surface area contributed by atoms with Gasteiger partial charge in [-0.25, -0.2) is 0 Å². The Labute approximate surface area is 125 Å². The zero-order valence-electron chi connectivity index (χ0n) is 13.1. The zero-order valence-corrected chi connectivity index (χ0v) is 13.1. The Kier molecular flexibility index (Phi) is 6.81. The number of nitrogens with two attached hydrogens (primary N) is 1. The van der Waals surface area contributed by atoms with Gasteiger partial charge in [-0.2, -0.15) is 0 Å². The van der Waals surface area contributed by atoms with E-state index in [0.717, 1.165) is 5.56 Å². The molecule has 0 bridgehead atoms. The van der Waals surface area contributed by atoms with Crippen LogP contribution in [-0.4, -0.2) is 33.3 Å². The number of methoxy groups -OCH3 is 2. The fourth-order valence-electron chi connectivity index (χ4n) is 1.70. The molecule has 1 aromatic rings. The molecule has 0 fully saturated rings. The summed E-state index contributed by atoms with van der Waals surface area (Å²) in [7, 11) is 3.06. The van der Waals surface area contributed by atoms with E-state index in [4.69, 9.17) is 19.9 Å². The van der Waals surface area contributed by atoms with Crippen molar-refractivity contribution < 1.29 is 19.0 Å². The lowest BCUT2D eigenvalue weighted by atomic mass is 10.2. The molecule has 0 spiro atoms. The lowest BCUT2D eigenvalue weighted by Crippen LogP contribution is -2.31. The van der Waals surface area contributed by atoms with Gasteiger partial charge in [0, 0.05) is 13.1 Å². The van der Waals surface area contributed by atoms with E-state index >= 15 is 0 Å². The normalized spacial score (nSPS) is 10.4. The Morgan fingerprint density at radius 2 is 1.81 bits per heavy atom. The molecular weight excluding hydrogens is 272 g/mol. The molecule has 118 valence electrons. The minimum absolute atomic E-state index is 0.0958. The molecule has 0 atom stereocenters. The fraction of sp³-hybridized carbons (Fsp3) is 0.533. The van der Waals surface area contributed by atoms with Crippen LogP contribution in [0.1, 0.15) is 19.4 Å². The summed E-state index contributed by atoms with van der Waals surface area (Å²) in [5.74, 6) is 1.59. The molecule has 6 nitrogen and oxygen atoms in total. The number of nitrogens with one attached hydrogen (secondary N) is 1. The SMILES string of the molecule is COc1cc(CN)cc(OC)c1OCC(=O)NCC(C)C. The standard InChI is InChI=1S/C15H24N2O4/c1-10(2)8-17-14(18)9-21-15-12(19-3)5-11(7-16)6-13(15)20-4/h5-6,10H,7-9,16H2,1-4H3,(H,17,18). The van der Waals surface area contributed by atoms with Crippen LogP contribution in [0.25, 0.3) is 0 Å². The van der Waals surface area contributed by atoms with Gasteiger partial charge in [0.15, 0.2) is 18.1 Å². The second-order valence-electron chi connectivity index (χ2n) is 5.02. The van der Waals surface area contributed by atoms with E-state index in [-0.39, 0.29) is 12.5 Å². The smallest absolute Gasteiger partial charge is 0.257 e. The van der Waals surface area contributed by atoms with Crippen molar-refractivity contribution in [2.24, 2.45) is 11.7 Å². The number of carbonyl (C=O) groups is 1. The van der Waals surface area contributed by atoms with Crippen LogP contribution in [0.4, 0.5) is 0 Å². The van der Waals surface area contributed by atoms with E-state index in [9.17, 15) is 4.79 Å². The van der Waals surface area contributed by atoms with E-state index in [1.165, 1.54) is 14.2 Å². The van der Waals surface area contributed by atoms with E-state index in [0.29, 0.717) is 36.3 Å². The van der Waals surface area contributed by atoms with Gasteiger partial charge in [-0.05, 0) is 23.6 Å². The van der Waals surface area contributed by atoms with Crippen molar-refractivity contribution in [2.75, 3.05) is 27.4 Å². The van der Waals surface area contributed by atoms with E-state index in [1.807, 2.05) is 13.8 Å². The van der Waals surface area contributed by atoms with Gasteiger partial charge >= 0.3 is 0 Å². The Morgan fingerprint density at radius 3 is 2.24 bits per heavy atom. The number of ether oxygens (including phenoxy) is 3. The van der Waals surface area contributed by atoms with Gasteiger partial charge in [-0.1, -0.05) is 13.8 Å². The van der Waals surface area contributed by atoms with Gasteiger partial charge in [0.1, 0.15) is 0 Å². The molecule has 21 heavy (non-hydrogen) atoms. The molecule has 0 aliphatic rings. The second kappa shape index (κ2) is 8.36. The van der Waals surface area contributed by atoms with Crippen LogP contribution in [-0.2, 0) is 11.3 Å². The first-order valence-corrected chi connectivity index (χ1v) is 6.86. The molecule has 1 amide bonds.